The van der Waals surface area contributed by atoms with Gasteiger partial charge in [0.25, 0.3) is 0 Å². The van der Waals surface area contributed by atoms with E-state index in [1.54, 1.807) is 12.1 Å². The Morgan fingerprint density at radius 2 is 1.88 bits per heavy atom. The zero-order chi connectivity index (χ0) is 17.1. The Balaban J connectivity index is 1.73. The van der Waals surface area contributed by atoms with Crippen LogP contribution in [0.25, 0.3) is 0 Å². The summed E-state index contributed by atoms with van der Waals surface area (Å²) in [4.78, 5) is 8.55. The van der Waals surface area contributed by atoms with Crippen LogP contribution in [-0.4, -0.2) is 38.3 Å². The van der Waals surface area contributed by atoms with E-state index < -0.39 is 0 Å². The normalized spacial score (nSPS) is 14.4. The lowest BCUT2D eigenvalue weighted by molar-refractivity contribution is 0.410. The maximum atomic E-state index is 13.3. The molecule has 124 valence electrons. The van der Waals surface area contributed by atoms with E-state index in [0.29, 0.717) is 10.8 Å². The molecule has 1 fully saturated rings. The molecule has 0 unspecified atom stereocenters. The lowest BCUT2D eigenvalue weighted by Gasteiger charge is -2.37. The molecule has 0 amide bonds. The Hall–Kier alpha value is -2.52. The number of hydrogen-bond donors (Lipinski definition) is 0. The van der Waals surface area contributed by atoms with E-state index >= 15 is 0 Å². The summed E-state index contributed by atoms with van der Waals surface area (Å²) in [7, 11) is 1.54. The van der Waals surface area contributed by atoms with Crippen molar-refractivity contribution in [3.05, 3.63) is 46.9 Å². The van der Waals surface area contributed by atoms with Gasteiger partial charge in [0, 0.05) is 32.2 Å². The molecule has 0 N–H and O–H groups in total. The predicted molar refractivity (Wildman–Crippen MR) is 91.3 cm³/mol. The van der Waals surface area contributed by atoms with Gasteiger partial charge in [-0.1, -0.05) is 11.6 Å². The van der Waals surface area contributed by atoms with Crippen molar-refractivity contribution in [2.75, 3.05) is 43.1 Å². The van der Waals surface area contributed by atoms with E-state index in [4.69, 9.17) is 21.6 Å². The van der Waals surface area contributed by atoms with Crippen LogP contribution >= 0.6 is 11.6 Å². The van der Waals surface area contributed by atoms with E-state index in [2.05, 4.69) is 14.8 Å². The van der Waals surface area contributed by atoms with Crippen molar-refractivity contribution in [3.8, 4) is 11.8 Å². The molecular weight excluding hydrogens is 331 g/mol. The average Bonchev–Trinajstić information content (AvgIpc) is 2.62. The predicted octanol–water partition coefficient (Wildman–Crippen LogP) is 3.08. The second kappa shape index (κ2) is 6.93. The van der Waals surface area contributed by atoms with Crippen molar-refractivity contribution < 1.29 is 9.13 Å². The van der Waals surface area contributed by atoms with Crippen molar-refractivity contribution >= 4 is 23.1 Å². The second-order valence-electron chi connectivity index (χ2n) is 5.40. The molecule has 0 radical (unpaired) electrons. The van der Waals surface area contributed by atoms with Crippen LogP contribution < -0.4 is 14.5 Å². The maximum absolute atomic E-state index is 13.3. The number of rotatable bonds is 3. The molecule has 1 aliphatic rings. The van der Waals surface area contributed by atoms with Crippen LogP contribution in [0.1, 0.15) is 5.69 Å². The summed E-state index contributed by atoms with van der Waals surface area (Å²) in [5.41, 5.74) is 1.11. The molecule has 0 bridgehead atoms. The first-order valence-corrected chi connectivity index (χ1v) is 7.90. The summed E-state index contributed by atoms with van der Waals surface area (Å²) in [6.07, 6.45) is 0. The molecule has 7 heteroatoms. The number of benzene rings is 1. The van der Waals surface area contributed by atoms with Gasteiger partial charge in [0.2, 0.25) is 0 Å². The fraction of sp³-hybridized carbons (Fsp3) is 0.294. The van der Waals surface area contributed by atoms with E-state index in [1.165, 1.54) is 19.2 Å². The van der Waals surface area contributed by atoms with Crippen LogP contribution in [0, 0.1) is 17.1 Å². The zero-order valence-corrected chi connectivity index (χ0v) is 13.9. The summed E-state index contributed by atoms with van der Waals surface area (Å²) in [6, 6.07) is 10.1. The lowest BCUT2D eigenvalue weighted by atomic mass is 10.2. The molecule has 0 saturated carbocycles. The van der Waals surface area contributed by atoms with Crippen LogP contribution in [0.2, 0.25) is 5.02 Å². The van der Waals surface area contributed by atoms with Gasteiger partial charge in [0.15, 0.2) is 5.69 Å². The SMILES string of the molecule is COc1cc(F)ccc1N1CCN(c2ccc(Cl)c(C#N)n2)CC1. The first-order chi connectivity index (χ1) is 11.6. The van der Waals surface area contributed by atoms with E-state index in [1.807, 2.05) is 12.1 Å². The largest absolute Gasteiger partial charge is 0.494 e. The molecule has 1 aliphatic heterocycles. The van der Waals surface area contributed by atoms with Crippen LogP contribution in [0.5, 0.6) is 5.75 Å². The molecule has 0 spiro atoms. The highest BCUT2D eigenvalue weighted by molar-refractivity contribution is 6.31. The summed E-state index contributed by atoms with van der Waals surface area (Å²) in [5, 5.41) is 9.40. The number of nitriles is 1. The quantitative estimate of drug-likeness (QED) is 0.855. The summed E-state index contributed by atoms with van der Waals surface area (Å²) in [5.74, 6) is 0.949. The molecule has 1 aromatic carbocycles. The van der Waals surface area contributed by atoms with Crippen molar-refractivity contribution in [2.24, 2.45) is 0 Å². The first kappa shape index (κ1) is 16.3. The maximum Gasteiger partial charge on any atom is 0.161 e. The third-order valence-corrected chi connectivity index (χ3v) is 4.33. The smallest absolute Gasteiger partial charge is 0.161 e. The third-order valence-electron chi connectivity index (χ3n) is 4.02. The molecule has 3 rings (SSSR count). The third kappa shape index (κ3) is 3.22. The number of piperazine rings is 1. The van der Waals surface area contributed by atoms with Crippen LogP contribution in [0.3, 0.4) is 0 Å². The molecule has 0 aliphatic carbocycles. The molecule has 0 atom stereocenters. The van der Waals surface area contributed by atoms with Gasteiger partial charge in [-0.05, 0) is 24.3 Å². The van der Waals surface area contributed by atoms with Gasteiger partial charge >= 0.3 is 0 Å². The minimum Gasteiger partial charge on any atom is -0.494 e. The number of anilines is 2. The minimum atomic E-state index is -0.316. The topological polar surface area (TPSA) is 52.4 Å². The van der Waals surface area contributed by atoms with Gasteiger partial charge in [-0.15, -0.1) is 0 Å². The van der Waals surface area contributed by atoms with E-state index in [-0.39, 0.29) is 11.5 Å². The number of methoxy groups -OCH3 is 1. The number of pyridine rings is 1. The lowest BCUT2D eigenvalue weighted by Crippen LogP contribution is -2.47. The summed E-state index contributed by atoms with van der Waals surface area (Å²) < 4.78 is 18.6. The van der Waals surface area contributed by atoms with Crippen LogP contribution in [0.4, 0.5) is 15.9 Å². The molecule has 24 heavy (non-hydrogen) atoms. The van der Waals surface area contributed by atoms with Crippen LogP contribution in [-0.2, 0) is 0 Å². The summed E-state index contributed by atoms with van der Waals surface area (Å²) in [6.45, 7) is 2.96. The Kier molecular flexibility index (Phi) is 4.72. The molecular formula is C17H16ClFN4O. The number of ether oxygens (including phenoxy) is 1. The van der Waals surface area contributed by atoms with Gasteiger partial charge < -0.3 is 14.5 Å². The van der Waals surface area contributed by atoms with Gasteiger partial charge in [-0.2, -0.15) is 5.26 Å². The molecule has 1 aromatic heterocycles. The van der Waals surface area contributed by atoms with Gasteiger partial charge in [-0.3, -0.25) is 0 Å². The van der Waals surface area contributed by atoms with Crippen molar-refractivity contribution in [2.45, 2.75) is 0 Å². The van der Waals surface area contributed by atoms with E-state index in [0.717, 1.165) is 37.7 Å². The second-order valence-corrected chi connectivity index (χ2v) is 5.81. The monoisotopic (exact) mass is 346 g/mol. The fourth-order valence-electron chi connectivity index (χ4n) is 2.78. The fourth-order valence-corrected chi connectivity index (χ4v) is 2.92. The Bertz CT molecular complexity index is 785. The average molecular weight is 347 g/mol. The zero-order valence-electron chi connectivity index (χ0n) is 13.2. The number of halogens is 2. The van der Waals surface area contributed by atoms with Gasteiger partial charge in [-0.25, -0.2) is 9.37 Å². The van der Waals surface area contributed by atoms with Gasteiger partial charge in [0.05, 0.1) is 17.8 Å². The van der Waals surface area contributed by atoms with Crippen molar-refractivity contribution in [1.82, 2.24) is 4.98 Å². The first-order valence-electron chi connectivity index (χ1n) is 7.52. The highest BCUT2D eigenvalue weighted by Gasteiger charge is 2.21. The van der Waals surface area contributed by atoms with E-state index in [9.17, 15) is 4.39 Å². The Morgan fingerprint density at radius 3 is 2.54 bits per heavy atom. The molecule has 2 aromatic rings. The van der Waals surface area contributed by atoms with Crippen molar-refractivity contribution in [3.63, 3.8) is 0 Å². The highest BCUT2D eigenvalue weighted by Crippen LogP contribution is 2.30. The van der Waals surface area contributed by atoms with Crippen LogP contribution in [0.15, 0.2) is 30.3 Å². The molecule has 1 saturated heterocycles. The van der Waals surface area contributed by atoms with Gasteiger partial charge in [0.1, 0.15) is 23.5 Å². The standard InChI is InChI=1S/C17H16ClFN4O/c1-24-16-10-12(19)2-4-15(16)22-6-8-23(9-7-22)17-5-3-13(18)14(11-20)21-17/h2-5,10H,6-9H2,1H3. The number of nitrogens with zero attached hydrogens (tertiary/aromatic N) is 4. The molecule has 2 heterocycles. The molecule has 5 nitrogen and oxygen atoms in total. The number of hydrogen-bond acceptors (Lipinski definition) is 5. The Morgan fingerprint density at radius 1 is 1.17 bits per heavy atom. The summed E-state index contributed by atoms with van der Waals surface area (Å²) >= 11 is 5.93. The minimum absolute atomic E-state index is 0.233. The number of aromatic nitrogens is 1. The Labute approximate surface area is 144 Å². The highest BCUT2D eigenvalue weighted by atomic mass is 35.5. The van der Waals surface area contributed by atoms with Crippen molar-refractivity contribution in [1.29, 1.82) is 5.26 Å².